The number of ether oxygens (including phenoxy) is 2. The van der Waals surface area contributed by atoms with E-state index in [2.05, 4.69) is 15.3 Å². The third-order valence-electron chi connectivity index (χ3n) is 3.80. The monoisotopic (exact) mass is 450 g/mol. The molecule has 3 N–H and O–H groups in total. The van der Waals surface area contributed by atoms with Gasteiger partial charge in [-0.15, -0.1) is 11.3 Å². The Morgan fingerprint density at radius 2 is 2.10 bits per heavy atom. The van der Waals surface area contributed by atoms with Crippen molar-refractivity contribution in [3.8, 4) is 11.5 Å². The fourth-order valence-electron chi connectivity index (χ4n) is 2.47. The van der Waals surface area contributed by atoms with Gasteiger partial charge in [0.05, 0.1) is 11.9 Å². The van der Waals surface area contributed by atoms with Gasteiger partial charge in [-0.25, -0.2) is 18.4 Å². The molecule has 3 heterocycles. The second-order valence-electron chi connectivity index (χ2n) is 5.74. The summed E-state index contributed by atoms with van der Waals surface area (Å²) in [6, 6.07) is 8.21. The highest BCUT2D eigenvalue weighted by atomic mass is 32.2. The highest BCUT2D eigenvalue weighted by Gasteiger charge is 2.23. The van der Waals surface area contributed by atoms with E-state index in [4.69, 9.17) is 15.2 Å². The summed E-state index contributed by atoms with van der Waals surface area (Å²) >= 11 is 2.13. The normalized spacial score (nSPS) is 12.7. The highest BCUT2D eigenvalue weighted by molar-refractivity contribution is 7.99. The van der Waals surface area contributed by atoms with E-state index >= 15 is 0 Å². The summed E-state index contributed by atoms with van der Waals surface area (Å²) in [5.41, 5.74) is 6.40. The smallest absolute Gasteiger partial charge is 0.234 e. The zero-order chi connectivity index (χ0) is 20.4. The largest absolute Gasteiger partial charge is 0.454 e. The van der Waals surface area contributed by atoms with E-state index < -0.39 is 9.84 Å². The molecule has 1 aliphatic rings. The van der Waals surface area contributed by atoms with Crippen LogP contribution in [0.25, 0.3) is 0 Å². The third kappa shape index (κ3) is 4.13. The fraction of sp³-hybridized carbons (Fsp3) is 0.118. The maximum atomic E-state index is 12.5. The van der Waals surface area contributed by atoms with Crippen molar-refractivity contribution in [2.24, 2.45) is 0 Å². The first-order valence-electron chi connectivity index (χ1n) is 8.17. The van der Waals surface area contributed by atoms with E-state index in [1.165, 1.54) is 6.07 Å². The van der Waals surface area contributed by atoms with E-state index in [0.29, 0.717) is 17.2 Å². The number of aromatic nitrogens is 2. The average molecular weight is 451 g/mol. The summed E-state index contributed by atoms with van der Waals surface area (Å²) in [6.45, 7) is 0.152. The van der Waals surface area contributed by atoms with Crippen molar-refractivity contribution in [1.82, 2.24) is 9.97 Å². The van der Waals surface area contributed by atoms with E-state index in [-0.39, 0.29) is 38.5 Å². The molecule has 12 heteroatoms. The lowest BCUT2D eigenvalue weighted by Gasteiger charge is -2.07. The van der Waals surface area contributed by atoms with Crippen LogP contribution in [0.5, 0.6) is 11.5 Å². The minimum Gasteiger partial charge on any atom is -0.454 e. The van der Waals surface area contributed by atoms with Crippen LogP contribution in [0.2, 0.25) is 0 Å². The minimum absolute atomic E-state index is 0.0188. The third-order valence-corrected chi connectivity index (χ3v) is 7.83. The summed E-state index contributed by atoms with van der Waals surface area (Å²) < 4.78 is 35.7. The first-order valence-corrected chi connectivity index (χ1v) is 11.5. The number of amides is 1. The molecule has 0 saturated carbocycles. The number of anilines is 2. The Balaban J connectivity index is 1.40. The second kappa shape index (κ2) is 7.89. The molecular weight excluding hydrogens is 436 g/mol. The van der Waals surface area contributed by atoms with E-state index in [9.17, 15) is 13.2 Å². The Morgan fingerprint density at radius 1 is 1.28 bits per heavy atom. The number of nitrogens with one attached hydrogen (secondary N) is 1. The number of carbonyl (C=O) groups is 1. The molecule has 0 unspecified atom stereocenters. The quantitative estimate of drug-likeness (QED) is 0.429. The van der Waals surface area contributed by atoms with Crippen molar-refractivity contribution in [3.63, 3.8) is 0 Å². The molecule has 2 aromatic heterocycles. The Morgan fingerprint density at radius 3 is 2.86 bits per heavy atom. The molecule has 0 saturated heterocycles. The number of carbonyl (C=O) groups excluding carboxylic acids is 1. The summed E-state index contributed by atoms with van der Waals surface area (Å²) in [4.78, 5) is 20.0. The van der Waals surface area contributed by atoms with Crippen LogP contribution >= 0.6 is 23.1 Å². The first-order chi connectivity index (χ1) is 13.9. The van der Waals surface area contributed by atoms with Crippen LogP contribution in [0, 0.1) is 0 Å². The Kier molecular flexibility index (Phi) is 5.30. The molecular formula is C17H14N4O5S3. The number of nitrogens with zero attached hydrogens (tertiary/aromatic N) is 2. The SMILES string of the molecule is Nc1nc(SCC(=O)Nc2ccc3c(c2)OCO3)ncc1S(=O)(=O)c1cccs1. The van der Waals surface area contributed by atoms with E-state index in [0.717, 1.165) is 29.3 Å². The number of sulfone groups is 1. The summed E-state index contributed by atoms with van der Waals surface area (Å²) in [5, 5.41) is 4.60. The lowest BCUT2D eigenvalue weighted by Crippen LogP contribution is -2.14. The minimum atomic E-state index is -3.76. The van der Waals surface area contributed by atoms with Crippen molar-refractivity contribution in [2.75, 3.05) is 23.6 Å². The van der Waals surface area contributed by atoms with Crippen LogP contribution in [-0.2, 0) is 14.6 Å². The molecule has 4 rings (SSSR count). The van der Waals surface area contributed by atoms with Crippen LogP contribution in [0.3, 0.4) is 0 Å². The molecule has 1 aliphatic heterocycles. The zero-order valence-electron chi connectivity index (χ0n) is 14.7. The average Bonchev–Trinajstić information content (AvgIpc) is 3.38. The molecule has 0 bridgehead atoms. The number of benzene rings is 1. The maximum Gasteiger partial charge on any atom is 0.234 e. The van der Waals surface area contributed by atoms with Gasteiger partial charge in [-0.05, 0) is 23.6 Å². The van der Waals surface area contributed by atoms with Crippen LogP contribution < -0.4 is 20.5 Å². The van der Waals surface area contributed by atoms with Crippen LogP contribution in [0.15, 0.2) is 56.2 Å². The number of hydrogen-bond donors (Lipinski definition) is 2. The standard InChI is InChI=1S/C17H14N4O5S3/c18-16-13(29(23,24)15-2-1-5-27-15)7-19-17(21-16)28-8-14(22)20-10-3-4-11-12(6-10)26-9-25-11/h1-7H,8-9H2,(H,20,22)(H2,18,19,21). The topological polar surface area (TPSA) is 134 Å². The predicted molar refractivity (Wildman–Crippen MR) is 108 cm³/mol. The van der Waals surface area contributed by atoms with Gasteiger partial charge in [-0.2, -0.15) is 0 Å². The van der Waals surface area contributed by atoms with Gasteiger partial charge in [0, 0.05) is 11.8 Å². The van der Waals surface area contributed by atoms with Crippen LogP contribution in [0.4, 0.5) is 11.5 Å². The number of rotatable bonds is 6. The van der Waals surface area contributed by atoms with Crippen molar-refractivity contribution in [1.29, 1.82) is 0 Å². The Labute approximate surface area is 174 Å². The highest BCUT2D eigenvalue weighted by Crippen LogP contribution is 2.34. The molecule has 0 radical (unpaired) electrons. The number of nitrogens with two attached hydrogens (primary N) is 1. The predicted octanol–water partition coefficient (Wildman–Crippen LogP) is 2.41. The van der Waals surface area contributed by atoms with Gasteiger partial charge >= 0.3 is 0 Å². The molecule has 0 fully saturated rings. The second-order valence-corrected chi connectivity index (χ2v) is 9.78. The van der Waals surface area contributed by atoms with Gasteiger partial charge in [-0.3, -0.25) is 4.79 Å². The molecule has 1 amide bonds. The van der Waals surface area contributed by atoms with Gasteiger partial charge in [-0.1, -0.05) is 17.8 Å². The number of thioether (sulfide) groups is 1. The number of fused-ring (bicyclic) bond motifs is 1. The first kappa shape index (κ1) is 19.5. The Hall–Kier alpha value is -2.83. The molecule has 0 spiro atoms. The zero-order valence-corrected chi connectivity index (χ0v) is 17.1. The van der Waals surface area contributed by atoms with Gasteiger partial charge in [0.15, 0.2) is 16.7 Å². The van der Waals surface area contributed by atoms with Gasteiger partial charge in [0.2, 0.25) is 22.5 Å². The number of nitrogen functional groups attached to an aromatic ring is 1. The van der Waals surface area contributed by atoms with Crippen LogP contribution in [-0.4, -0.2) is 36.8 Å². The lowest BCUT2D eigenvalue weighted by molar-refractivity contribution is -0.113. The molecule has 150 valence electrons. The molecule has 9 nitrogen and oxygen atoms in total. The van der Waals surface area contributed by atoms with E-state index in [1.54, 1.807) is 29.6 Å². The summed E-state index contributed by atoms with van der Waals surface area (Å²) in [7, 11) is -3.76. The summed E-state index contributed by atoms with van der Waals surface area (Å²) in [5.74, 6) is 0.761. The van der Waals surface area contributed by atoms with Gasteiger partial charge in [0.25, 0.3) is 0 Å². The summed E-state index contributed by atoms with van der Waals surface area (Å²) in [6.07, 6.45) is 1.16. The number of thiophene rings is 1. The van der Waals surface area contributed by atoms with Crippen LogP contribution in [0.1, 0.15) is 0 Å². The van der Waals surface area contributed by atoms with Gasteiger partial charge < -0.3 is 20.5 Å². The fourth-order valence-corrected chi connectivity index (χ4v) is 5.47. The maximum absolute atomic E-state index is 12.5. The van der Waals surface area contributed by atoms with Crippen molar-refractivity contribution >= 4 is 50.3 Å². The lowest BCUT2D eigenvalue weighted by atomic mass is 10.3. The van der Waals surface area contributed by atoms with Gasteiger partial charge in [0.1, 0.15) is 14.9 Å². The van der Waals surface area contributed by atoms with Crippen molar-refractivity contribution < 1.29 is 22.7 Å². The van der Waals surface area contributed by atoms with Crippen molar-refractivity contribution in [3.05, 3.63) is 41.9 Å². The molecule has 3 aromatic rings. The molecule has 29 heavy (non-hydrogen) atoms. The molecule has 0 atom stereocenters. The number of hydrogen-bond acceptors (Lipinski definition) is 10. The molecule has 1 aromatic carbocycles. The Bertz CT molecular complexity index is 1170. The van der Waals surface area contributed by atoms with Crippen molar-refractivity contribution in [2.45, 2.75) is 14.3 Å². The van der Waals surface area contributed by atoms with E-state index in [1.807, 2.05) is 0 Å². The molecule has 0 aliphatic carbocycles.